The van der Waals surface area contributed by atoms with Crippen LogP contribution in [0.3, 0.4) is 0 Å². The van der Waals surface area contributed by atoms with Crippen molar-refractivity contribution in [3.8, 4) is 11.3 Å². The number of rotatable bonds is 3. The monoisotopic (exact) mass is 398 g/mol. The zero-order valence-corrected chi connectivity index (χ0v) is 16.4. The number of imidazole rings is 1. The van der Waals surface area contributed by atoms with Gasteiger partial charge in [0, 0.05) is 30.9 Å². The number of aromatic nitrogens is 5. The van der Waals surface area contributed by atoms with Crippen LogP contribution in [0.2, 0.25) is 0 Å². The van der Waals surface area contributed by atoms with Crippen LogP contribution in [-0.2, 0) is 17.4 Å². The predicted molar refractivity (Wildman–Crippen MR) is 105 cm³/mol. The lowest BCUT2D eigenvalue weighted by atomic mass is 9.97. The second-order valence-corrected chi connectivity index (χ2v) is 8.08. The number of hydrogen-bond acceptors (Lipinski definition) is 6. The van der Waals surface area contributed by atoms with Gasteiger partial charge in [-0.1, -0.05) is 11.3 Å². The van der Waals surface area contributed by atoms with Crippen LogP contribution in [0, 0.1) is 5.82 Å². The smallest absolute Gasteiger partial charge is 0.214 e. The van der Waals surface area contributed by atoms with Crippen LogP contribution >= 0.6 is 11.3 Å². The van der Waals surface area contributed by atoms with Gasteiger partial charge in [0.05, 0.1) is 31.2 Å². The molecular formula is C19H19FN6OS. The number of fused-ring (bicyclic) bond motifs is 1. The molecule has 9 heteroatoms. The molecule has 0 spiro atoms. The summed E-state index contributed by atoms with van der Waals surface area (Å²) in [5.74, 6) is -0.255. The largest absolute Gasteiger partial charge is 0.367 e. The molecule has 1 fully saturated rings. The summed E-state index contributed by atoms with van der Waals surface area (Å²) in [6.45, 7) is 4.17. The van der Waals surface area contributed by atoms with E-state index in [1.807, 2.05) is 25.6 Å². The molecule has 0 radical (unpaired) electrons. The minimum Gasteiger partial charge on any atom is -0.367 e. The van der Waals surface area contributed by atoms with Crippen LogP contribution in [0.5, 0.6) is 0 Å². The first kappa shape index (κ1) is 17.3. The minimum atomic E-state index is -0.431. The van der Waals surface area contributed by atoms with Crippen LogP contribution in [0.4, 0.5) is 9.52 Å². The van der Waals surface area contributed by atoms with Crippen molar-refractivity contribution in [2.75, 3.05) is 24.6 Å². The van der Waals surface area contributed by atoms with Crippen LogP contribution in [0.15, 0.2) is 42.9 Å². The Labute approximate surface area is 165 Å². The third-order valence-corrected chi connectivity index (χ3v) is 6.02. The van der Waals surface area contributed by atoms with Gasteiger partial charge in [-0.25, -0.2) is 13.9 Å². The lowest BCUT2D eigenvalue weighted by Gasteiger charge is -2.39. The Morgan fingerprint density at radius 2 is 2.04 bits per heavy atom. The molecule has 28 heavy (non-hydrogen) atoms. The molecular weight excluding hydrogens is 379 g/mol. The second kappa shape index (κ2) is 6.39. The van der Waals surface area contributed by atoms with Crippen molar-refractivity contribution in [1.82, 2.24) is 24.4 Å². The van der Waals surface area contributed by atoms with E-state index in [-0.39, 0.29) is 5.82 Å². The van der Waals surface area contributed by atoms with Crippen molar-refractivity contribution in [3.05, 3.63) is 54.2 Å². The molecule has 3 aromatic heterocycles. The van der Waals surface area contributed by atoms with E-state index in [2.05, 4.69) is 21.9 Å². The number of halogens is 1. The molecule has 0 N–H and O–H groups in total. The molecule has 0 aliphatic carbocycles. The molecule has 144 valence electrons. The molecule has 1 atom stereocenters. The summed E-state index contributed by atoms with van der Waals surface area (Å²) in [6.07, 6.45) is 5.73. The number of ether oxygens (including phenoxy) is 1. The highest BCUT2D eigenvalue weighted by atomic mass is 32.1. The normalized spacial score (nSPS) is 20.2. The van der Waals surface area contributed by atoms with E-state index >= 15 is 0 Å². The van der Waals surface area contributed by atoms with Gasteiger partial charge >= 0.3 is 0 Å². The highest BCUT2D eigenvalue weighted by Crippen LogP contribution is 2.34. The first-order valence-electron chi connectivity index (χ1n) is 9.00. The van der Waals surface area contributed by atoms with Gasteiger partial charge in [0.25, 0.3) is 0 Å². The molecule has 0 bridgehead atoms. The fraction of sp³-hybridized carbons (Fsp3) is 0.316. The highest BCUT2D eigenvalue weighted by molar-refractivity contribution is 7.20. The molecule has 1 aliphatic heterocycles. The summed E-state index contributed by atoms with van der Waals surface area (Å²) in [4.78, 5) is 7.69. The van der Waals surface area contributed by atoms with E-state index in [0.29, 0.717) is 13.2 Å². The molecule has 1 aromatic carbocycles. The van der Waals surface area contributed by atoms with Gasteiger partial charge in [-0.05, 0) is 31.2 Å². The van der Waals surface area contributed by atoms with Gasteiger partial charge in [0.15, 0.2) is 0 Å². The maximum Gasteiger partial charge on any atom is 0.214 e. The van der Waals surface area contributed by atoms with E-state index < -0.39 is 5.60 Å². The summed E-state index contributed by atoms with van der Waals surface area (Å²) in [7, 11) is 1.90. The quantitative estimate of drug-likeness (QED) is 0.531. The Kier molecular flexibility index (Phi) is 3.95. The fourth-order valence-electron chi connectivity index (χ4n) is 3.48. The Hall–Kier alpha value is -2.78. The molecule has 4 aromatic rings. The molecule has 0 amide bonds. The van der Waals surface area contributed by atoms with Crippen molar-refractivity contribution in [2.45, 2.75) is 12.5 Å². The highest BCUT2D eigenvalue weighted by Gasteiger charge is 2.36. The minimum absolute atomic E-state index is 0.255. The Morgan fingerprint density at radius 3 is 2.75 bits per heavy atom. The van der Waals surface area contributed by atoms with Gasteiger partial charge < -0.3 is 9.64 Å². The Balaban J connectivity index is 1.41. The SMILES string of the molecule is Cn1cc(C2(C)CN(c3nn4cc(-c5ccc(F)cc5)nc4s3)CCO2)cn1. The molecule has 0 saturated carbocycles. The van der Waals surface area contributed by atoms with E-state index in [1.54, 1.807) is 21.3 Å². The summed E-state index contributed by atoms with van der Waals surface area (Å²) in [5.41, 5.74) is 2.28. The van der Waals surface area contributed by atoms with Gasteiger partial charge in [0.1, 0.15) is 11.4 Å². The third-order valence-electron chi connectivity index (χ3n) is 5.03. The van der Waals surface area contributed by atoms with Gasteiger partial charge in [-0.3, -0.25) is 4.68 Å². The van der Waals surface area contributed by atoms with Crippen molar-refractivity contribution >= 4 is 21.4 Å². The maximum absolute atomic E-state index is 13.1. The van der Waals surface area contributed by atoms with Gasteiger partial charge in [-0.2, -0.15) is 5.10 Å². The molecule has 4 heterocycles. The number of hydrogen-bond donors (Lipinski definition) is 0. The third kappa shape index (κ3) is 2.96. The zero-order chi connectivity index (χ0) is 19.3. The van der Waals surface area contributed by atoms with E-state index in [0.717, 1.165) is 33.5 Å². The molecule has 1 aliphatic rings. The van der Waals surface area contributed by atoms with E-state index in [9.17, 15) is 4.39 Å². The Morgan fingerprint density at radius 1 is 1.21 bits per heavy atom. The van der Waals surface area contributed by atoms with E-state index in [4.69, 9.17) is 9.84 Å². The van der Waals surface area contributed by atoms with Crippen molar-refractivity contribution in [3.63, 3.8) is 0 Å². The lowest BCUT2D eigenvalue weighted by Crippen LogP contribution is -2.48. The lowest BCUT2D eigenvalue weighted by molar-refractivity contribution is -0.0466. The average Bonchev–Trinajstić information content (AvgIpc) is 3.37. The molecule has 1 unspecified atom stereocenters. The zero-order valence-electron chi connectivity index (χ0n) is 15.5. The van der Waals surface area contributed by atoms with E-state index in [1.165, 1.54) is 23.5 Å². The fourth-order valence-corrected chi connectivity index (χ4v) is 4.39. The first-order valence-corrected chi connectivity index (χ1v) is 9.82. The van der Waals surface area contributed by atoms with Crippen molar-refractivity contribution in [1.29, 1.82) is 0 Å². The average molecular weight is 398 g/mol. The molecule has 7 nitrogen and oxygen atoms in total. The molecule has 1 saturated heterocycles. The van der Waals surface area contributed by atoms with Crippen LogP contribution in [-0.4, -0.2) is 44.1 Å². The predicted octanol–water partition coefficient (Wildman–Crippen LogP) is 3.08. The number of benzene rings is 1. The van der Waals surface area contributed by atoms with Crippen molar-refractivity contribution < 1.29 is 9.13 Å². The number of aryl methyl sites for hydroxylation is 1. The standard InChI is InChI=1S/C19H19FN6OS/c1-19(14-9-21-24(2)10-14)12-25(7-8-27-19)18-23-26-11-16(22-17(26)28-18)13-3-5-15(20)6-4-13/h3-6,9-11H,7-8,12H2,1-2H3. The number of anilines is 1. The first-order chi connectivity index (χ1) is 13.5. The van der Waals surface area contributed by atoms with Gasteiger partial charge in [-0.15, -0.1) is 5.10 Å². The summed E-state index contributed by atoms with van der Waals surface area (Å²) < 4.78 is 22.8. The summed E-state index contributed by atoms with van der Waals surface area (Å²) in [6, 6.07) is 6.33. The van der Waals surface area contributed by atoms with Crippen LogP contribution in [0.25, 0.3) is 16.2 Å². The summed E-state index contributed by atoms with van der Waals surface area (Å²) in [5, 5.41) is 9.89. The maximum atomic E-state index is 13.1. The van der Waals surface area contributed by atoms with Gasteiger partial charge in [0.2, 0.25) is 10.1 Å². The second-order valence-electron chi connectivity index (χ2n) is 7.15. The van der Waals surface area contributed by atoms with Crippen molar-refractivity contribution in [2.24, 2.45) is 7.05 Å². The number of morpholine rings is 1. The number of nitrogens with zero attached hydrogens (tertiary/aromatic N) is 6. The van der Waals surface area contributed by atoms with Crippen LogP contribution < -0.4 is 4.90 Å². The summed E-state index contributed by atoms with van der Waals surface area (Å²) >= 11 is 1.54. The Bertz CT molecular complexity index is 1100. The van der Waals surface area contributed by atoms with Crippen LogP contribution in [0.1, 0.15) is 12.5 Å². The molecule has 5 rings (SSSR count). The topological polar surface area (TPSA) is 60.5 Å².